The lowest BCUT2D eigenvalue weighted by Crippen LogP contribution is -2.30. The van der Waals surface area contributed by atoms with Crippen LogP contribution in [0.5, 0.6) is 5.75 Å². The molecule has 21 heavy (non-hydrogen) atoms. The van der Waals surface area contributed by atoms with Crippen molar-refractivity contribution in [3.8, 4) is 5.75 Å². The molecule has 1 aromatic carbocycles. The minimum absolute atomic E-state index is 0.248. The van der Waals surface area contributed by atoms with Crippen molar-refractivity contribution in [3.05, 3.63) is 35.7 Å². The van der Waals surface area contributed by atoms with Crippen LogP contribution in [0, 0.1) is 0 Å². The number of anilines is 1. The van der Waals surface area contributed by atoms with Crippen molar-refractivity contribution in [2.24, 2.45) is 5.73 Å². The highest BCUT2D eigenvalue weighted by Gasteiger charge is 2.20. The van der Waals surface area contributed by atoms with E-state index in [0.717, 1.165) is 18.7 Å². The first-order valence-corrected chi connectivity index (χ1v) is 7.34. The molecule has 1 aliphatic rings. The second-order valence-electron chi connectivity index (χ2n) is 5.46. The van der Waals surface area contributed by atoms with Gasteiger partial charge in [0.15, 0.2) is 0 Å². The number of nitrogens with zero attached hydrogens (tertiary/aromatic N) is 3. The third-order valence-corrected chi connectivity index (χ3v) is 3.78. The second kappa shape index (κ2) is 6.13. The van der Waals surface area contributed by atoms with E-state index in [1.54, 1.807) is 12.1 Å². The van der Waals surface area contributed by atoms with Gasteiger partial charge in [-0.15, -0.1) is 0 Å². The molecule has 3 rings (SSSR count). The van der Waals surface area contributed by atoms with Crippen LogP contribution in [0.15, 0.2) is 28.8 Å². The Morgan fingerprint density at radius 3 is 2.62 bits per heavy atom. The molecule has 0 saturated carbocycles. The quantitative estimate of drug-likeness (QED) is 0.894. The lowest BCUT2D eigenvalue weighted by atomic mass is 10.1. The van der Waals surface area contributed by atoms with E-state index < -0.39 is 0 Å². The first-order valence-electron chi connectivity index (χ1n) is 7.34. The van der Waals surface area contributed by atoms with Crippen molar-refractivity contribution in [2.45, 2.75) is 31.7 Å². The fraction of sp³-hybridized carbons (Fsp3) is 0.467. The van der Waals surface area contributed by atoms with E-state index >= 15 is 0 Å². The smallest absolute Gasteiger partial charge is 0.266 e. The minimum atomic E-state index is -0.333. The number of nitrogens with two attached hydrogens (primary N) is 1. The van der Waals surface area contributed by atoms with E-state index in [9.17, 15) is 5.11 Å². The molecule has 0 amide bonds. The van der Waals surface area contributed by atoms with Crippen molar-refractivity contribution in [1.29, 1.82) is 0 Å². The highest BCUT2D eigenvalue weighted by molar-refractivity contribution is 5.29. The SMILES string of the molecule is N[C@H](Cc1ccc(O)cc1)c1nc(N2CCCCC2)no1. The van der Waals surface area contributed by atoms with Crippen LogP contribution in [-0.4, -0.2) is 28.3 Å². The van der Waals surface area contributed by atoms with Gasteiger partial charge in [-0.2, -0.15) is 4.98 Å². The summed E-state index contributed by atoms with van der Waals surface area (Å²) < 4.78 is 5.30. The molecule has 0 bridgehead atoms. The number of benzene rings is 1. The molecule has 1 fully saturated rings. The van der Waals surface area contributed by atoms with E-state index in [1.807, 2.05) is 12.1 Å². The molecule has 1 aromatic heterocycles. The monoisotopic (exact) mass is 288 g/mol. The zero-order valence-corrected chi connectivity index (χ0v) is 11.9. The average Bonchev–Trinajstić information content (AvgIpc) is 3.00. The van der Waals surface area contributed by atoms with E-state index in [0.29, 0.717) is 18.3 Å². The maximum Gasteiger partial charge on any atom is 0.266 e. The zero-order valence-electron chi connectivity index (χ0n) is 11.9. The molecule has 0 unspecified atom stereocenters. The summed E-state index contributed by atoms with van der Waals surface area (Å²) in [6.45, 7) is 1.96. The summed E-state index contributed by atoms with van der Waals surface area (Å²) in [5.74, 6) is 1.35. The largest absolute Gasteiger partial charge is 0.508 e. The van der Waals surface area contributed by atoms with Gasteiger partial charge in [0.2, 0.25) is 5.89 Å². The van der Waals surface area contributed by atoms with Crippen LogP contribution in [-0.2, 0) is 6.42 Å². The van der Waals surface area contributed by atoms with Crippen LogP contribution in [0.25, 0.3) is 0 Å². The van der Waals surface area contributed by atoms with Gasteiger partial charge in [-0.3, -0.25) is 0 Å². The van der Waals surface area contributed by atoms with E-state index in [-0.39, 0.29) is 11.8 Å². The summed E-state index contributed by atoms with van der Waals surface area (Å²) in [6, 6.07) is 6.65. The van der Waals surface area contributed by atoms with Crippen LogP contribution in [0.3, 0.4) is 0 Å². The predicted molar refractivity (Wildman–Crippen MR) is 79.1 cm³/mol. The molecule has 2 aromatic rings. The van der Waals surface area contributed by atoms with Crippen molar-refractivity contribution < 1.29 is 9.63 Å². The molecular weight excluding hydrogens is 268 g/mol. The van der Waals surface area contributed by atoms with Gasteiger partial charge < -0.3 is 20.3 Å². The first kappa shape index (κ1) is 13.9. The first-order chi connectivity index (χ1) is 10.2. The Kier molecular flexibility index (Phi) is 4.06. The van der Waals surface area contributed by atoms with Gasteiger partial charge in [0, 0.05) is 13.1 Å². The Bertz CT molecular complexity index is 576. The lowest BCUT2D eigenvalue weighted by Gasteiger charge is -2.24. The molecule has 0 aliphatic carbocycles. The Hall–Kier alpha value is -2.08. The fourth-order valence-corrected chi connectivity index (χ4v) is 2.57. The van der Waals surface area contributed by atoms with Gasteiger partial charge in [-0.1, -0.05) is 12.1 Å². The number of aromatic hydroxyl groups is 1. The summed E-state index contributed by atoms with van der Waals surface area (Å²) >= 11 is 0. The molecule has 6 nitrogen and oxygen atoms in total. The predicted octanol–water partition coefficient (Wildman–Crippen LogP) is 2.01. The van der Waals surface area contributed by atoms with Crippen LogP contribution in [0.1, 0.15) is 36.8 Å². The summed E-state index contributed by atoms with van der Waals surface area (Å²) in [4.78, 5) is 6.56. The number of rotatable bonds is 4. The summed E-state index contributed by atoms with van der Waals surface area (Å²) in [5.41, 5.74) is 7.16. The normalized spacial score (nSPS) is 16.9. The van der Waals surface area contributed by atoms with Crippen LogP contribution in [0.2, 0.25) is 0 Å². The molecule has 1 atom stereocenters. The molecule has 0 radical (unpaired) electrons. The molecule has 2 heterocycles. The molecular formula is C15H20N4O2. The van der Waals surface area contributed by atoms with Crippen LogP contribution >= 0.6 is 0 Å². The summed E-state index contributed by atoms with van der Waals surface area (Å²) in [6.07, 6.45) is 4.20. The van der Waals surface area contributed by atoms with Gasteiger partial charge in [0.25, 0.3) is 5.95 Å². The lowest BCUT2D eigenvalue weighted by molar-refractivity contribution is 0.352. The van der Waals surface area contributed by atoms with Crippen molar-refractivity contribution in [3.63, 3.8) is 0 Å². The molecule has 0 spiro atoms. The number of hydrogen-bond acceptors (Lipinski definition) is 6. The molecule has 1 aliphatic heterocycles. The van der Waals surface area contributed by atoms with Gasteiger partial charge in [0.1, 0.15) is 5.75 Å². The third kappa shape index (κ3) is 3.33. The highest BCUT2D eigenvalue weighted by atomic mass is 16.5. The number of hydrogen-bond donors (Lipinski definition) is 2. The van der Waals surface area contributed by atoms with Gasteiger partial charge in [-0.05, 0) is 48.5 Å². The average molecular weight is 288 g/mol. The van der Waals surface area contributed by atoms with Crippen LogP contribution < -0.4 is 10.6 Å². The Morgan fingerprint density at radius 1 is 1.19 bits per heavy atom. The second-order valence-corrected chi connectivity index (χ2v) is 5.46. The molecule has 3 N–H and O–H groups in total. The Morgan fingerprint density at radius 2 is 1.90 bits per heavy atom. The Labute approximate surface area is 123 Å². The highest BCUT2D eigenvalue weighted by Crippen LogP contribution is 2.21. The number of phenols is 1. The summed E-state index contributed by atoms with van der Waals surface area (Å²) in [5, 5.41) is 13.3. The van der Waals surface area contributed by atoms with Gasteiger partial charge in [0.05, 0.1) is 6.04 Å². The number of phenolic OH excluding ortho intramolecular Hbond substituents is 1. The van der Waals surface area contributed by atoms with Crippen LogP contribution in [0.4, 0.5) is 5.95 Å². The van der Waals surface area contributed by atoms with Crippen molar-refractivity contribution in [2.75, 3.05) is 18.0 Å². The van der Waals surface area contributed by atoms with E-state index in [4.69, 9.17) is 10.3 Å². The van der Waals surface area contributed by atoms with Gasteiger partial charge >= 0.3 is 0 Å². The van der Waals surface area contributed by atoms with Gasteiger partial charge in [-0.25, -0.2) is 0 Å². The fourth-order valence-electron chi connectivity index (χ4n) is 2.57. The standard InChI is InChI=1S/C15H20N4O2/c16-13(10-11-4-6-12(20)7-5-11)14-17-15(18-21-14)19-8-2-1-3-9-19/h4-7,13,20H,1-3,8-10,16H2/t13-/m1/s1. The van der Waals surface area contributed by atoms with E-state index in [1.165, 1.54) is 19.3 Å². The maximum absolute atomic E-state index is 9.28. The topological polar surface area (TPSA) is 88.4 Å². The van der Waals surface area contributed by atoms with Crippen molar-refractivity contribution in [1.82, 2.24) is 10.1 Å². The van der Waals surface area contributed by atoms with E-state index in [2.05, 4.69) is 15.0 Å². The molecule has 6 heteroatoms. The minimum Gasteiger partial charge on any atom is -0.508 e. The Balaban J connectivity index is 1.65. The number of piperidine rings is 1. The summed E-state index contributed by atoms with van der Waals surface area (Å²) in [7, 11) is 0. The molecule has 1 saturated heterocycles. The van der Waals surface area contributed by atoms with Crippen molar-refractivity contribution >= 4 is 5.95 Å². The zero-order chi connectivity index (χ0) is 14.7. The third-order valence-electron chi connectivity index (χ3n) is 3.78. The maximum atomic E-state index is 9.28. The molecule has 112 valence electrons. The number of aromatic nitrogens is 2.